The van der Waals surface area contributed by atoms with Gasteiger partial charge in [0.2, 0.25) is 12.7 Å². The smallest absolute Gasteiger partial charge is 0.247 e. The lowest BCUT2D eigenvalue weighted by atomic mass is 10.0. The van der Waals surface area contributed by atoms with Crippen molar-refractivity contribution in [2.75, 3.05) is 27.6 Å². The zero-order valence-corrected chi connectivity index (χ0v) is 20.6. The Balaban J connectivity index is 1.75. The van der Waals surface area contributed by atoms with Crippen molar-refractivity contribution in [1.82, 2.24) is 14.9 Å². The molecule has 0 bridgehead atoms. The second-order valence-electron chi connectivity index (χ2n) is 8.50. The van der Waals surface area contributed by atoms with Crippen molar-refractivity contribution in [1.29, 1.82) is 0 Å². The van der Waals surface area contributed by atoms with Crippen LogP contribution >= 0.6 is 0 Å². The highest BCUT2D eigenvalue weighted by Gasteiger charge is 2.30. The van der Waals surface area contributed by atoms with Gasteiger partial charge in [-0.15, -0.1) is 0 Å². The Kier molecular flexibility index (Phi) is 6.66. The second kappa shape index (κ2) is 10.2. The maximum absolute atomic E-state index is 13.8. The molecule has 2 heterocycles. The van der Waals surface area contributed by atoms with Crippen LogP contribution in [-0.2, 0) is 4.79 Å². The van der Waals surface area contributed by atoms with E-state index in [2.05, 4.69) is 12.2 Å². The van der Waals surface area contributed by atoms with E-state index < -0.39 is 6.04 Å². The van der Waals surface area contributed by atoms with Crippen LogP contribution in [0.2, 0.25) is 0 Å². The summed E-state index contributed by atoms with van der Waals surface area (Å²) >= 11 is 0. The number of ether oxygens (including phenoxy) is 4. The quantitative estimate of drug-likeness (QED) is 0.336. The number of nitrogens with zero attached hydrogens (tertiary/aromatic N) is 2. The number of imidazole rings is 1. The van der Waals surface area contributed by atoms with Crippen LogP contribution in [0.15, 0.2) is 60.7 Å². The van der Waals surface area contributed by atoms with E-state index in [-0.39, 0.29) is 12.7 Å². The fraction of sp³-hybridized carbons (Fsp3) is 0.286. The molecular formula is C28H29N3O5. The molecule has 0 aliphatic carbocycles. The van der Waals surface area contributed by atoms with Crippen LogP contribution in [-0.4, -0.2) is 43.0 Å². The van der Waals surface area contributed by atoms with Gasteiger partial charge in [0.1, 0.15) is 11.9 Å². The van der Waals surface area contributed by atoms with Crippen LogP contribution in [0.1, 0.15) is 31.4 Å². The van der Waals surface area contributed by atoms with Crippen LogP contribution in [0.4, 0.5) is 0 Å². The lowest BCUT2D eigenvalue weighted by Crippen LogP contribution is -2.34. The number of carbonyl (C=O) groups excluding carboxylic acids is 1. The standard InChI is InChI=1S/C28H29N3O5/c1-4-5-15-29-28(32)25(18-13-14-22-24(16-18)36-17-35-22)31-21-11-7-6-10-20(21)30-27(31)19-9-8-12-23(33-2)26(19)34-3/h6-14,16,25H,4-5,15,17H2,1-3H3,(H,29,32). The summed E-state index contributed by atoms with van der Waals surface area (Å²) in [4.78, 5) is 18.8. The average molecular weight is 488 g/mol. The van der Waals surface area contributed by atoms with Gasteiger partial charge in [0.05, 0.1) is 30.8 Å². The molecule has 186 valence electrons. The first-order chi connectivity index (χ1) is 17.7. The SMILES string of the molecule is CCCCNC(=O)C(c1ccc2c(c1)OCO2)n1c(-c2cccc(OC)c2OC)nc2ccccc21. The van der Waals surface area contributed by atoms with E-state index in [0.29, 0.717) is 35.4 Å². The van der Waals surface area contributed by atoms with Gasteiger partial charge in [-0.05, 0) is 48.4 Å². The summed E-state index contributed by atoms with van der Waals surface area (Å²) in [6.45, 7) is 2.84. The first kappa shape index (κ1) is 23.5. The Hall–Kier alpha value is -4.20. The number of methoxy groups -OCH3 is 2. The number of para-hydroxylation sites is 3. The minimum absolute atomic E-state index is 0.131. The lowest BCUT2D eigenvalue weighted by molar-refractivity contribution is -0.123. The van der Waals surface area contributed by atoms with Crippen molar-refractivity contribution in [3.63, 3.8) is 0 Å². The third-order valence-corrected chi connectivity index (χ3v) is 6.29. The van der Waals surface area contributed by atoms with E-state index in [1.807, 2.05) is 65.2 Å². The van der Waals surface area contributed by atoms with Crippen LogP contribution in [0, 0.1) is 0 Å². The molecule has 1 N–H and O–H groups in total. The summed E-state index contributed by atoms with van der Waals surface area (Å²) in [5.41, 5.74) is 3.08. The maximum Gasteiger partial charge on any atom is 0.247 e. The molecule has 4 aromatic rings. The molecule has 0 radical (unpaired) electrons. The Morgan fingerprint density at radius 2 is 1.89 bits per heavy atom. The summed E-state index contributed by atoms with van der Waals surface area (Å²) in [5, 5.41) is 3.12. The predicted molar refractivity (Wildman–Crippen MR) is 137 cm³/mol. The molecule has 5 rings (SSSR count). The number of hydrogen-bond acceptors (Lipinski definition) is 6. The van der Waals surface area contributed by atoms with Crippen molar-refractivity contribution >= 4 is 16.9 Å². The van der Waals surface area contributed by atoms with Crippen LogP contribution < -0.4 is 24.3 Å². The van der Waals surface area contributed by atoms with Crippen molar-refractivity contribution in [3.8, 4) is 34.4 Å². The molecule has 1 atom stereocenters. The summed E-state index contributed by atoms with van der Waals surface area (Å²) in [5.74, 6) is 2.87. The summed E-state index contributed by atoms with van der Waals surface area (Å²) < 4.78 is 24.4. The van der Waals surface area contributed by atoms with Crippen molar-refractivity contribution in [2.24, 2.45) is 0 Å². The zero-order valence-electron chi connectivity index (χ0n) is 20.6. The van der Waals surface area contributed by atoms with Gasteiger partial charge in [-0.3, -0.25) is 4.79 Å². The van der Waals surface area contributed by atoms with E-state index in [4.69, 9.17) is 23.9 Å². The zero-order chi connectivity index (χ0) is 25.1. The number of carbonyl (C=O) groups is 1. The highest BCUT2D eigenvalue weighted by molar-refractivity contribution is 5.90. The molecule has 1 aromatic heterocycles. The molecule has 8 heteroatoms. The summed E-state index contributed by atoms with van der Waals surface area (Å²) in [6.07, 6.45) is 1.87. The number of aromatic nitrogens is 2. The van der Waals surface area contributed by atoms with Crippen LogP contribution in [0.25, 0.3) is 22.4 Å². The number of nitrogens with one attached hydrogen (secondary N) is 1. The highest BCUT2D eigenvalue weighted by Crippen LogP contribution is 2.42. The van der Waals surface area contributed by atoms with Gasteiger partial charge in [-0.2, -0.15) is 0 Å². The third-order valence-electron chi connectivity index (χ3n) is 6.29. The number of fused-ring (bicyclic) bond motifs is 2. The van der Waals surface area contributed by atoms with E-state index in [1.54, 1.807) is 14.2 Å². The number of hydrogen-bond donors (Lipinski definition) is 1. The summed E-state index contributed by atoms with van der Waals surface area (Å²) in [6, 6.07) is 18.3. The number of benzene rings is 3. The van der Waals surface area contributed by atoms with E-state index in [1.165, 1.54) is 0 Å². The molecule has 1 aliphatic rings. The highest BCUT2D eigenvalue weighted by atomic mass is 16.7. The predicted octanol–water partition coefficient (Wildman–Crippen LogP) is 4.95. The van der Waals surface area contributed by atoms with Gasteiger partial charge in [-0.1, -0.05) is 37.6 Å². The molecule has 3 aromatic carbocycles. The van der Waals surface area contributed by atoms with Gasteiger partial charge in [0, 0.05) is 6.54 Å². The molecule has 1 unspecified atom stereocenters. The lowest BCUT2D eigenvalue weighted by Gasteiger charge is -2.23. The fourth-order valence-corrected chi connectivity index (χ4v) is 4.54. The minimum Gasteiger partial charge on any atom is -0.493 e. The second-order valence-corrected chi connectivity index (χ2v) is 8.50. The van der Waals surface area contributed by atoms with Crippen LogP contribution in [0.3, 0.4) is 0 Å². The molecule has 1 aliphatic heterocycles. The molecule has 0 fully saturated rings. The molecule has 36 heavy (non-hydrogen) atoms. The Bertz CT molecular complexity index is 1400. The normalized spacial score (nSPS) is 13.0. The molecule has 0 saturated heterocycles. The van der Waals surface area contributed by atoms with Gasteiger partial charge < -0.3 is 28.8 Å². The molecule has 8 nitrogen and oxygen atoms in total. The molecular weight excluding hydrogens is 458 g/mol. The largest absolute Gasteiger partial charge is 0.493 e. The van der Waals surface area contributed by atoms with Gasteiger partial charge >= 0.3 is 0 Å². The number of unbranched alkanes of at least 4 members (excludes halogenated alkanes) is 1. The Labute approximate surface area is 209 Å². The van der Waals surface area contributed by atoms with Crippen LogP contribution in [0.5, 0.6) is 23.0 Å². The average Bonchev–Trinajstić information content (AvgIpc) is 3.53. The Morgan fingerprint density at radius 3 is 2.69 bits per heavy atom. The molecule has 0 saturated carbocycles. The minimum atomic E-state index is -0.713. The monoisotopic (exact) mass is 487 g/mol. The third kappa shape index (κ3) is 4.19. The Morgan fingerprint density at radius 1 is 1.06 bits per heavy atom. The van der Waals surface area contributed by atoms with Gasteiger partial charge in [0.15, 0.2) is 23.0 Å². The number of amides is 1. The summed E-state index contributed by atoms with van der Waals surface area (Å²) in [7, 11) is 3.20. The van der Waals surface area contributed by atoms with Gasteiger partial charge in [-0.25, -0.2) is 4.98 Å². The maximum atomic E-state index is 13.8. The van der Waals surface area contributed by atoms with Crippen molar-refractivity contribution in [3.05, 3.63) is 66.2 Å². The first-order valence-electron chi connectivity index (χ1n) is 12.0. The number of rotatable bonds is 9. The van der Waals surface area contributed by atoms with Gasteiger partial charge in [0.25, 0.3) is 0 Å². The fourth-order valence-electron chi connectivity index (χ4n) is 4.54. The molecule has 0 spiro atoms. The van der Waals surface area contributed by atoms with E-state index in [0.717, 1.165) is 35.0 Å². The van der Waals surface area contributed by atoms with Crippen molar-refractivity contribution in [2.45, 2.75) is 25.8 Å². The van der Waals surface area contributed by atoms with Crippen molar-refractivity contribution < 1.29 is 23.7 Å². The topological polar surface area (TPSA) is 83.8 Å². The first-order valence-corrected chi connectivity index (χ1v) is 12.0. The van der Waals surface area contributed by atoms with E-state index in [9.17, 15) is 4.79 Å². The van der Waals surface area contributed by atoms with E-state index >= 15 is 0 Å². The molecule has 1 amide bonds.